The summed E-state index contributed by atoms with van der Waals surface area (Å²) in [6.45, 7) is 5.14. The van der Waals surface area contributed by atoms with Crippen LogP contribution in [-0.4, -0.2) is 66.1 Å². The Morgan fingerprint density at radius 1 is 1.12 bits per heavy atom. The molecule has 0 atom stereocenters. The molecular formula is C21H27N5O7. The van der Waals surface area contributed by atoms with Gasteiger partial charge in [0.25, 0.3) is 0 Å². The van der Waals surface area contributed by atoms with E-state index in [4.69, 9.17) is 19.4 Å². The summed E-state index contributed by atoms with van der Waals surface area (Å²) in [4.78, 5) is 52.0. The highest BCUT2D eigenvalue weighted by atomic mass is 16.6. The Morgan fingerprint density at radius 2 is 1.79 bits per heavy atom. The molecule has 1 aromatic carbocycles. The molecule has 0 saturated heterocycles. The number of nitrogens with zero attached hydrogens (tertiary/aromatic N) is 3. The van der Waals surface area contributed by atoms with E-state index in [-0.39, 0.29) is 43.7 Å². The maximum atomic E-state index is 12.8. The van der Waals surface area contributed by atoms with E-state index in [1.54, 1.807) is 4.90 Å². The third-order valence-electron chi connectivity index (χ3n) is 4.20. The maximum Gasteiger partial charge on any atom is 0.370 e. The predicted molar refractivity (Wildman–Crippen MR) is 112 cm³/mol. The van der Waals surface area contributed by atoms with Crippen molar-refractivity contribution >= 4 is 29.7 Å². The number of hydrogen-bond acceptors (Lipinski definition) is 10. The van der Waals surface area contributed by atoms with Gasteiger partial charge in [-0.15, -0.1) is 0 Å². The van der Waals surface area contributed by atoms with Crippen molar-refractivity contribution in [2.45, 2.75) is 27.3 Å². The number of nitrogens with two attached hydrogens (primary N) is 1. The second-order valence-electron chi connectivity index (χ2n) is 7.09. The van der Waals surface area contributed by atoms with Crippen LogP contribution in [0.15, 0.2) is 46.8 Å². The Labute approximate surface area is 190 Å². The number of hydrogen-bond donors (Lipinski definition) is 2. The number of rotatable bonds is 7. The third-order valence-corrected chi connectivity index (χ3v) is 4.20. The van der Waals surface area contributed by atoms with E-state index < -0.39 is 5.97 Å². The van der Waals surface area contributed by atoms with Crippen LogP contribution in [-0.2, 0) is 35.2 Å². The first kappa shape index (κ1) is 25.5. The van der Waals surface area contributed by atoms with Gasteiger partial charge >= 0.3 is 17.8 Å². The summed E-state index contributed by atoms with van der Waals surface area (Å²) in [6, 6.07) is 9.80. The van der Waals surface area contributed by atoms with E-state index in [0.717, 1.165) is 12.5 Å². The minimum Gasteiger partial charge on any atom is -0.550 e. The molecule has 3 rings (SSSR count). The number of amides is 2. The largest absolute Gasteiger partial charge is 0.550 e. The van der Waals surface area contributed by atoms with Gasteiger partial charge in [-0.05, 0) is 12.5 Å². The van der Waals surface area contributed by atoms with Crippen LogP contribution in [0, 0.1) is 0 Å². The third kappa shape index (κ3) is 8.35. The molecule has 2 aliphatic rings. The average molecular weight is 461 g/mol. The number of aliphatic carboxylic acids is 1. The number of nitrogens with one attached hydrogen (secondary N) is 1. The fourth-order valence-corrected chi connectivity index (χ4v) is 3.06. The van der Waals surface area contributed by atoms with Gasteiger partial charge in [-0.2, -0.15) is 4.99 Å². The first-order valence-corrected chi connectivity index (χ1v) is 10.1. The number of carbonyl (C=O) groups is 4. The Kier molecular flexibility index (Phi) is 9.51. The minimum atomic E-state index is -1.08. The first-order chi connectivity index (χ1) is 15.7. The summed E-state index contributed by atoms with van der Waals surface area (Å²) in [5, 5.41) is 12.8. The van der Waals surface area contributed by atoms with E-state index >= 15 is 0 Å². The van der Waals surface area contributed by atoms with Crippen molar-refractivity contribution in [2.24, 2.45) is 4.99 Å². The van der Waals surface area contributed by atoms with E-state index in [1.165, 1.54) is 19.2 Å². The number of esters is 1. The molecule has 0 radical (unpaired) electrons. The van der Waals surface area contributed by atoms with Crippen molar-refractivity contribution in [3.63, 3.8) is 0 Å². The van der Waals surface area contributed by atoms with Gasteiger partial charge in [-0.25, -0.2) is 10.1 Å². The monoisotopic (exact) mass is 461 g/mol. The van der Waals surface area contributed by atoms with Crippen LogP contribution in [0.1, 0.15) is 26.3 Å². The molecule has 33 heavy (non-hydrogen) atoms. The number of aliphatic imine (C=N–C) groups is 1. The minimum absolute atomic E-state index is 0.149. The van der Waals surface area contributed by atoms with Crippen LogP contribution in [0.2, 0.25) is 0 Å². The zero-order valence-electron chi connectivity index (χ0n) is 18.7. The molecule has 178 valence electrons. The lowest BCUT2D eigenvalue weighted by atomic mass is 10.2. The highest BCUT2D eigenvalue weighted by Gasteiger charge is 2.40. The van der Waals surface area contributed by atoms with Gasteiger partial charge in [-0.1, -0.05) is 30.3 Å². The number of benzene rings is 1. The molecule has 12 nitrogen and oxygen atoms in total. The molecule has 0 bridgehead atoms. The molecule has 2 heterocycles. The normalized spacial score (nSPS) is 14.8. The predicted octanol–water partition coefficient (Wildman–Crippen LogP) is -2.18. The summed E-state index contributed by atoms with van der Waals surface area (Å²) in [7, 11) is 0. The smallest absolute Gasteiger partial charge is 0.370 e. The van der Waals surface area contributed by atoms with Crippen LogP contribution in [0.3, 0.4) is 0 Å². The molecule has 0 unspecified atom stereocenters. The van der Waals surface area contributed by atoms with Gasteiger partial charge in [-0.3, -0.25) is 14.9 Å². The molecule has 3 N–H and O–H groups in total. The standard InChI is InChI=1S/C19H23N5O5.C2H4O2/c1-13(25)20-19-21-17-16(18(27)22-19)23(10-15-6-4-3-5-7-15)11-24(17)12-28-8-9-29-14(2)26;1-2(3)4/h3-7H,8-12H2,1-2H3,(H2,20,21,22,25,27);1H3,(H,3,4). The lowest BCUT2D eigenvalue weighted by Gasteiger charge is -2.22. The fraction of sp³-hybridized carbons (Fsp3) is 0.381. The summed E-state index contributed by atoms with van der Waals surface area (Å²) >= 11 is 0. The highest BCUT2D eigenvalue weighted by molar-refractivity contribution is 6.00. The van der Waals surface area contributed by atoms with Crippen LogP contribution in [0.5, 0.6) is 0 Å². The van der Waals surface area contributed by atoms with Crippen molar-refractivity contribution in [3.8, 4) is 0 Å². The van der Waals surface area contributed by atoms with Gasteiger partial charge in [0.05, 0.1) is 13.3 Å². The molecule has 2 aliphatic heterocycles. The Morgan fingerprint density at radius 3 is 2.39 bits per heavy atom. The number of carboxylic acid groups (broad SMARTS) is 1. The van der Waals surface area contributed by atoms with Crippen LogP contribution in [0.25, 0.3) is 0 Å². The molecule has 0 aliphatic carbocycles. The van der Waals surface area contributed by atoms with Gasteiger partial charge in [0.2, 0.25) is 5.91 Å². The van der Waals surface area contributed by atoms with Gasteiger partial charge < -0.3 is 29.2 Å². The topological polar surface area (TPSA) is 157 Å². The molecule has 0 saturated carbocycles. The van der Waals surface area contributed by atoms with E-state index in [9.17, 15) is 14.4 Å². The Balaban J connectivity index is 0.000000890. The molecule has 12 heteroatoms. The zero-order chi connectivity index (χ0) is 24.4. The van der Waals surface area contributed by atoms with E-state index in [1.807, 2.05) is 35.2 Å². The van der Waals surface area contributed by atoms with Crippen molar-refractivity contribution < 1.29 is 39.1 Å². The van der Waals surface area contributed by atoms with Gasteiger partial charge in [0, 0.05) is 26.4 Å². The summed E-state index contributed by atoms with van der Waals surface area (Å²) in [6.07, 6.45) is 0. The molecule has 0 spiro atoms. The maximum absolute atomic E-state index is 12.8. The van der Waals surface area contributed by atoms with Crippen molar-refractivity contribution in [1.82, 2.24) is 15.1 Å². The molecule has 2 amide bonds. The summed E-state index contributed by atoms with van der Waals surface area (Å²) in [5.41, 5.74) is 1.52. The molecule has 1 aromatic rings. The Bertz CT molecular complexity index is 942. The summed E-state index contributed by atoms with van der Waals surface area (Å²) in [5.74, 6) is -1.33. The van der Waals surface area contributed by atoms with Crippen LogP contribution < -0.4 is 15.7 Å². The number of primary amides is 1. The lowest BCUT2D eigenvalue weighted by molar-refractivity contribution is -0.454. The van der Waals surface area contributed by atoms with Crippen molar-refractivity contribution in [3.05, 3.63) is 47.4 Å². The summed E-state index contributed by atoms with van der Waals surface area (Å²) < 4.78 is 10.4. The quantitative estimate of drug-likeness (QED) is 0.340. The van der Waals surface area contributed by atoms with E-state index in [0.29, 0.717) is 24.7 Å². The number of ether oxygens (including phenoxy) is 2. The van der Waals surface area contributed by atoms with Crippen LogP contribution in [0.4, 0.5) is 0 Å². The van der Waals surface area contributed by atoms with Gasteiger partial charge in [0.15, 0.2) is 11.5 Å². The van der Waals surface area contributed by atoms with Gasteiger partial charge in [0.1, 0.15) is 13.3 Å². The number of quaternary nitrogens is 1. The van der Waals surface area contributed by atoms with Crippen molar-refractivity contribution in [2.75, 3.05) is 26.6 Å². The highest BCUT2D eigenvalue weighted by Crippen LogP contribution is 2.27. The van der Waals surface area contributed by atoms with E-state index in [2.05, 4.69) is 10.3 Å². The number of carboxylic acids is 1. The molecule has 0 fully saturated rings. The Hall–Kier alpha value is -3.77. The lowest BCUT2D eigenvalue weighted by Crippen LogP contribution is -2.96. The van der Waals surface area contributed by atoms with Crippen LogP contribution >= 0.6 is 0 Å². The number of carbonyl (C=O) groups excluding carboxylic acids is 4. The second kappa shape index (κ2) is 12.3. The molecular weight excluding hydrogens is 434 g/mol. The SMILES string of the molecule is CC(=O)NC1=NC2=C(C(=O)[NH2+]1)N(Cc1ccccc1)CN2COCCOC(C)=O.CC(=O)[O-]. The fourth-order valence-electron chi connectivity index (χ4n) is 3.06. The average Bonchev–Trinajstić information content (AvgIpc) is 3.05. The second-order valence-corrected chi connectivity index (χ2v) is 7.09. The first-order valence-electron chi connectivity index (χ1n) is 10.1. The van der Waals surface area contributed by atoms with Crippen molar-refractivity contribution in [1.29, 1.82) is 0 Å². The number of guanidine groups is 1. The molecule has 0 aromatic heterocycles. The zero-order valence-corrected chi connectivity index (χ0v) is 18.7.